The van der Waals surface area contributed by atoms with E-state index in [4.69, 9.17) is 4.74 Å². The van der Waals surface area contributed by atoms with Gasteiger partial charge in [-0.1, -0.05) is 6.07 Å². The van der Waals surface area contributed by atoms with Crippen molar-refractivity contribution in [2.75, 3.05) is 13.2 Å². The topological polar surface area (TPSA) is 63.2 Å². The second kappa shape index (κ2) is 8.34. The first kappa shape index (κ1) is 18.7. The van der Waals surface area contributed by atoms with Gasteiger partial charge in [-0.05, 0) is 46.2 Å². The lowest BCUT2D eigenvalue weighted by molar-refractivity contribution is -0.123. The van der Waals surface area contributed by atoms with Gasteiger partial charge in [-0.2, -0.15) is 0 Å². The summed E-state index contributed by atoms with van der Waals surface area (Å²) >= 11 is 0. The highest BCUT2D eigenvalue weighted by molar-refractivity contribution is 5.85. The second-order valence-electron chi connectivity index (χ2n) is 6.34. The van der Waals surface area contributed by atoms with Crippen molar-refractivity contribution in [3.63, 3.8) is 0 Å². The highest BCUT2D eigenvalue weighted by Gasteiger charge is 2.24. The van der Waals surface area contributed by atoms with E-state index in [0.29, 0.717) is 24.9 Å². The average molecular weight is 328 g/mol. The normalized spacial score (nSPS) is 17.7. The molecule has 0 bridgehead atoms. The molecule has 6 heteroatoms. The number of aryl methyl sites for hydroxylation is 1. The highest BCUT2D eigenvalue weighted by atomic mass is 35.5. The quantitative estimate of drug-likeness (QED) is 0.841. The smallest absolute Gasteiger partial charge is 0.222 e. The van der Waals surface area contributed by atoms with Crippen LogP contribution in [0.5, 0.6) is 5.88 Å². The third-order valence-electron chi connectivity index (χ3n) is 3.60. The molecule has 1 aliphatic rings. The minimum Gasteiger partial charge on any atom is -0.475 e. The summed E-state index contributed by atoms with van der Waals surface area (Å²) in [5, 5.41) is 6.38. The number of carbonyl (C=O) groups excluding carboxylic acids is 1. The molecular formula is C16H26ClN3O2. The van der Waals surface area contributed by atoms with Crippen LogP contribution < -0.4 is 15.4 Å². The number of hydrogen-bond acceptors (Lipinski definition) is 4. The Kier molecular flexibility index (Phi) is 7.10. The van der Waals surface area contributed by atoms with Crippen LogP contribution in [0.1, 0.15) is 38.7 Å². The zero-order chi connectivity index (χ0) is 15.3. The van der Waals surface area contributed by atoms with Crippen LogP contribution in [0.15, 0.2) is 18.3 Å². The van der Waals surface area contributed by atoms with Crippen molar-refractivity contribution in [1.29, 1.82) is 0 Å². The first-order valence-electron chi connectivity index (χ1n) is 7.55. The maximum absolute atomic E-state index is 12.1. The van der Waals surface area contributed by atoms with Gasteiger partial charge in [0.05, 0.1) is 5.54 Å². The van der Waals surface area contributed by atoms with E-state index >= 15 is 0 Å². The van der Waals surface area contributed by atoms with Crippen molar-refractivity contribution >= 4 is 18.3 Å². The van der Waals surface area contributed by atoms with Crippen LogP contribution in [0.3, 0.4) is 0 Å². The van der Waals surface area contributed by atoms with Crippen molar-refractivity contribution in [2.45, 2.75) is 51.6 Å². The summed E-state index contributed by atoms with van der Waals surface area (Å²) in [5.41, 5.74) is 0.578. The number of pyridine rings is 1. The largest absolute Gasteiger partial charge is 0.475 e. The molecule has 0 aromatic carbocycles. The Bertz CT molecular complexity index is 488. The summed E-state index contributed by atoms with van der Waals surface area (Å²) in [5.74, 6) is 0.693. The molecule has 2 heterocycles. The van der Waals surface area contributed by atoms with Crippen molar-refractivity contribution in [3.8, 4) is 5.88 Å². The molecule has 0 unspecified atom stereocenters. The van der Waals surface area contributed by atoms with Gasteiger partial charge in [0, 0.05) is 24.2 Å². The van der Waals surface area contributed by atoms with Gasteiger partial charge >= 0.3 is 0 Å². The Morgan fingerprint density at radius 2 is 2.32 bits per heavy atom. The van der Waals surface area contributed by atoms with Gasteiger partial charge < -0.3 is 15.4 Å². The fourth-order valence-corrected chi connectivity index (χ4v) is 2.49. The molecule has 2 rings (SSSR count). The lowest BCUT2D eigenvalue weighted by Gasteiger charge is -2.27. The molecule has 0 radical (unpaired) electrons. The van der Waals surface area contributed by atoms with E-state index < -0.39 is 5.54 Å². The zero-order valence-corrected chi connectivity index (χ0v) is 14.3. The number of nitrogens with one attached hydrogen (secondary N) is 2. The Hall–Kier alpha value is -1.33. The summed E-state index contributed by atoms with van der Waals surface area (Å²) in [6, 6.07) is 4.16. The highest BCUT2D eigenvalue weighted by Crippen LogP contribution is 2.15. The predicted molar refractivity (Wildman–Crippen MR) is 89.6 cm³/mol. The Balaban J connectivity index is 0.00000242. The van der Waals surface area contributed by atoms with Gasteiger partial charge in [0.25, 0.3) is 0 Å². The lowest BCUT2D eigenvalue weighted by atomic mass is 10.1. The molecule has 1 atom stereocenters. The lowest BCUT2D eigenvalue weighted by Crippen LogP contribution is -2.49. The van der Waals surface area contributed by atoms with Gasteiger partial charge in [0.2, 0.25) is 11.8 Å². The molecule has 0 aliphatic carbocycles. The van der Waals surface area contributed by atoms with Crippen LogP contribution in [0.4, 0.5) is 0 Å². The molecule has 0 saturated carbocycles. The van der Waals surface area contributed by atoms with Crippen LogP contribution in [-0.4, -0.2) is 35.6 Å². The number of aromatic nitrogens is 1. The maximum Gasteiger partial charge on any atom is 0.222 e. The number of nitrogens with zero attached hydrogens (tertiary/aromatic N) is 1. The third kappa shape index (κ3) is 5.81. The molecule has 2 N–H and O–H groups in total. The molecular weight excluding hydrogens is 302 g/mol. The number of carbonyl (C=O) groups is 1. The van der Waals surface area contributed by atoms with Crippen LogP contribution >= 0.6 is 12.4 Å². The Labute approximate surface area is 138 Å². The molecule has 22 heavy (non-hydrogen) atoms. The van der Waals surface area contributed by atoms with Gasteiger partial charge in [-0.3, -0.25) is 4.79 Å². The molecule has 1 aromatic rings. The molecule has 1 fully saturated rings. The monoisotopic (exact) mass is 327 g/mol. The summed E-state index contributed by atoms with van der Waals surface area (Å²) in [4.78, 5) is 16.3. The van der Waals surface area contributed by atoms with E-state index in [0.717, 1.165) is 24.9 Å². The SMILES string of the molecule is Cc1cccnc1OCC(C)(C)NC(=O)C[C@H]1CCCN1.Cl. The minimum atomic E-state index is -0.417. The number of amides is 1. The molecule has 5 nitrogen and oxygen atoms in total. The van der Waals surface area contributed by atoms with Gasteiger partial charge in [0.1, 0.15) is 6.61 Å². The van der Waals surface area contributed by atoms with E-state index in [1.54, 1.807) is 6.20 Å². The van der Waals surface area contributed by atoms with Gasteiger partial charge in [0.15, 0.2) is 0 Å². The Morgan fingerprint density at radius 1 is 1.55 bits per heavy atom. The van der Waals surface area contributed by atoms with Crippen molar-refractivity contribution in [3.05, 3.63) is 23.9 Å². The fourth-order valence-electron chi connectivity index (χ4n) is 2.49. The second-order valence-corrected chi connectivity index (χ2v) is 6.34. The minimum absolute atomic E-state index is 0. The van der Waals surface area contributed by atoms with Crippen LogP contribution in [0.25, 0.3) is 0 Å². The van der Waals surface area contributed by atoms with E-state index in [9.17, 15) is 4.79 Å². The Morgan fingerprint density at radius 3 is 2.95 bits per heavy atom. The molecule has 1 aromatic heterocycles. The summed E-state index contributed by atoms with van der Waals surface area (Å²) in [6.07, 6.45) is 4.48. The summed E-state index contributed by atoms with van der Waals surface area (Å²) in [6.45, 7) is 7.30. The maximum atomic E-state index is 12.1. The first-order chi connectivity index (χ1) is 9.96. The van der Waals surface area contributed by atoms with Crippen LogP contribution in [-0.2, 0) is 4.79 Å². The molecule has 1 aliphatic heterocycles. The van der Waals surface area contributed by atoms with Gasteiger partial charge in [-0.15, -0.1) is 12.4 Å². The molecule has 0 spiro atoms. The van der Waals surface area contributed by atoms with Crippen molar-refractivity contribution in [2.24, 2.45) is 0 Å². The third-order valence-corrected chi connectivity index (χ3v) is 3.60. The zero-order valence-electron chi connectivity index (χ0n) is 13.5. The summed E-state index contributed by atoms with van der Waals surface area (Å²) in [7, 11) is 0. The summed E-state index contributed by atoms with van der Waals surface area (Å²) < 4.78 is 5.73. The van der Waals surface area contributed by atoms with E-state index in [1.165, 1.54) is 0 Å². The van der Waals surface area contributed by atoms with Crippen molar-refractivity contribution in [1.82, 2.24) is 15.6 Å². The van der Waals surface area contributed by atoms with E-state index in [-0.39, 0.29) is 18.3 Å². The fraction of sp³-hybridized carbons (Fsp3) is 0.625. The van der Waals surface area contributed by atoms with E-state index in [1.807, 2.05) is 32.9 Å². The molecule has 1 saturated heterocycles. The first-order valence-corrected chi connectivity index (χ1v) is 7.55. The van der Waals surface area contributed by atoms with Gasteiger partial charge in [-0.25, -0.2) is 4.98 Å². The standard InChI is InChI=1S/C16H25N3O2.ClH/c1-12-6-4-9-18-15(12)21-11-16(2,3)19-14(20)10-13-7-5-8-17-13;/h4,6,9,13,17H,5,7-8,10-11H2,1-3H3,(H,19,20);1H/t13-;/m1./s1. The number of ether oxygens (including phenoxy) is 1. The molecule has 1 amide bonds. The van der Waals surface area contributed by atoms with Crippen molar-refractivity contribution < 1.29 is 9.53 Å². The number of rotatable bonds is 6. The van der Waals surface area contributed by atoms with Crippen LogP contribution in [0, 0.1) is 6.92 Å². The molecule has 124 valence electrons. The average Bonchev–Trinajstić information content (AvgIpc) is 2.90. The van der Waals surface area contributed by atoms with E-state index in [2.05, 4.69) is 15.6 Å². The van der Waals surface area contributed by atoms with Crippen LogP contribution in [0.2, 0.25) is 0 Å². The number of halogens is 1. The number of hydrogen-bond donors (Lipinski definition) is 2. The predicted octanol–water partition coefficient (Wildman–Crippen LogP) is 2.23.